The van der Waals surface area contributed by atoms with Crippen LogP contribution < -0.4 is 15.5 Å². The zero-order valence-electron chi connectivity index (χ0n) is 17.6. The van der Waals surface area contributed by atoms with Gasteiger partial charge in [-0.2, -0.15) is 11.8 Å². The largest absolute Gasteiger partial charge is 0.370 e. The zero-order chi connectivity index (χ0) is 22.7. The molecule has 0 saturated carbocycles. The minimum Gasteiger partial charge on any atom is -0.370 e. The van der Waals surface area contributed by atoms with Crippen molar-refractivity contribution in [2.75, 3.05) is 41.5 Å². The van der Waals surface area contributed by atoms with Crippen LogP contribution in [-0.2, 0) is 14.3 Å². The maximum absolute atomic E-state index is 13.3. The highest BCUT2D eigenvalue weighted by Crippen LogP contribution is 2.31. The average molecular weight is 470 g/mol. The number of carbonyl (C=O) groups is 3. The molecule has 0 radical (unpaired) electrons. The maximum atomic E-state index is 13.3. The quantitative estimate of drug-likeness (QED) is 0.658. The number of terminal acetylenes is 1. The van der Waals surface area contributed by atoms with E-state index in [1.807, 2.05) is 19.1 Å². The maximum Gasteiger partial charge on any atom is 0.262 e. The van der Waals surface area contributed by atoms with Crippen LogP contribution in [0.1, 0.15) is 26.5 Å². The van der Waals surface area contributed by atoms with Crippen molar-refractivity contribution in [2.45, 2.75) is 18.9 Å². The molecule has 2 fully saturated rings. The molecule has 1 aromatic heterocycles. The van der Waals surface area contributed by atoms with Crippen LogP contribution in [0.4, 0.5) is 11.4 Å². The Bertz CT molecular complexity index is 1100. The number of thioether (sulfide) groups is 1. The predicted octanol–water partition coefficient (Wildman–Crippen LogP) is 2.65. The number of carbonyl (C=O) groups excluding carboxylic acids is 3. The number of rotatable bonds is 5. The second kappa shape index (κ2) is 9.36. The molecule has 3 amide bonds. The van der Waals surface area contributed by atoms with Crippen molar-refractivity contribution in [3.05, 3.63) is 45.6 Å². The minimum absolute atomic E-state index is 0.0743. The molecule has 0 aliphatic carbocycles. The van der Waals surface area contributed by atoms with Crippen molar-refractivity contribution < 1.29 is 19.1 Å². The molecular weight excluding hydrogens is 446 g/mol. The third-order valence-corrected chi connectivity index (χ3v) is 7.72. The highest BCUT2D eigenvalue weighted by Gasteiger charge is 2.43. The summed E-state index contributed by atoms with van der Waals surface area (Å²) >= 11 is 2.86. The number of amides is 3. The zero-order valence-corrected chi connectivity index (χ0v) is 19.2. The van der Waals surface area contributed by atoms with E-state index in [4.69, 9.17) is 11.2 Å². The van der Waals surface area contributed by atoms with Gasteiger partial charge in [0.25, 0.3) is 17.7 Å². The molecular formula is C23H23N3O4S2. The van der Waals surface area contributed by atoms with Crippen LogP contribution in [0, 0.1) is 19.3 Å². The second-order valence-electron chi connectivity index (χ2n) is 7.70. The number of hydrogen-bond donors (Lipinski definition) is 2. The molecule has 0 bridgehead atoms. The number of thiophene rings is 1. The third kappa shape index (κ3) is 4.53. The average Bonchev–Trinajstić information content (AvgIpc) is 3.45. The number of nitrogens with one attached hydrogen (secondary N) is 2. The number of hydrogen-bond acceptors (Lipinski definition) is 6. The van der Waals surface area contributed by atoms with Crippen LogP contribution in [0.25, 0.3) is 0 Å². The number of nitrogens with zero attached hydrogens (tertiary/aromatic N) is 1. The van der Waals surface area contributed by atoms with E-state index in [-0.39, 0.29) is 24.3 Å². The lowest BCUT2D eigenvalue weighted by atomic mass is 9.97. The number of aryl methyl sites for hydroxylation is 1. The number of morpholine rings is 1. The molecule has 2 aliphatic heterocycles. The smallest absolute Gasteiger partial charge is 0.262 e. The summed E-state index contributed by atoms with van der Waals surface area (Å²) in [7, 11) is 0. The standard InChI is InChI=1S/C23H23N3O4S2/c1-3-17-5-7-19(32-17)21(28)25-23(8-11-31-14-23)22(29)24-16-4-6-18(15(2)12-16)26-9-10-30-13-20(26)27/h1,4-7,12H,8-11,13-14H2,2H3,(H,24,29)(H,25,28). The Hall–Kier alpha value is -2.80. The van der Waals surface area contributed by atoms with E-state index in [0.29, 0.717) is 40.8 Å². The lowest BCUT2D eigenvalue weighted by Crippen LogP contribution is -2.57. The molecule has 166 valence electrons. The van der Waals surface area contributed by atoms with Gasteiger partial charge < -0.3 is 20.3 Å². The Balaban J connectivity index is 1.49. The summed E-state index contributed by atoms with van der Waals surface area (Å²) in [5, 5.41) is 5.91. The van der Waals surface area contributed by atoms with Crippen LogP contribution in [0.3, 0.4) is 0 Å². The SMILES string of the molecule is C#Cc1ccc(C(=O)NC2(C(=O)Nc3ccc(N4CCOCC4=O)c(C)c3)CCSC2)s1. The molecule has 9 heteroatoms. The topological polar surface area (TPSA) is 87.7 Å². The summed E-state index contributed by atoms with van der Waals surface area (Å²) in [6.07, 6.45) is 5.94. The lowest BCUT2D eigenvalue weighted by molar-refractivity contribution is -0.125. The summed E-state index contributed by atoms with van der Waals surface area (Å²) in [4.78, 5) is 41.1. The monoisotopic (exact) mass is 469 g/mol. The van der Waals surface area contributed by atoms with E-state index in [0.717, 1.165) is 17.0 Å². The first-order valence-corrected chi connectivity index (χ1v) is 12.2. The molecule has 1 unspecified atom stereocenters. The van der Waals surface area contributed by atoms with Gasteiger partial charge in [0.15, 0.2) is 0 Å². The van der Waals surface area contributed by atoms with E-state index in [1.54, 1.807) is 34.9 Å². The van der Waals surface area contributed by atoms with Crippen molar-refractivity contribution in [1.82, 2.24) is 5.32 Å². The van der Waals surface area contributed by atoms with Crippen molar-refractivity contribution in [3.8, 4) is 12.3 Å². The van der Waals surface area contributed by atoms with Gasteiger partial charge in [-0.05, 0) is 55.0 Å². The van der Waals surface area contributed by atoms with Gasteiger partial charge in [0.1, 0.15) is 12.1 Å². The summed E-state index contributed by atoms with van der Waals surface area (Å²) in [6.45, 7) is 2.97. The summed E-state index contributed by atoms with van der Waals surface area (Å²) in [5.74, 6) is 3.17. The summed E-state index contributed by atoms with van der Waals surface area (Å²) in [6, 6.07) is 8.85. The fraction of sp³-hybridized carbons (Fsp3) is 0.348. The predicted molar refractivity (Wildman–Crippen MR) is 127 cm³/mol. The van der Waals surface area contributed by atoms with E-state index in [2.05, 4.69) is 16.6 Å². The van der Waals surface area contributed by atoms with Gasteiger partial charge in [0.05, 0.1) is 16.4 Å². The Morgan fingerprint density at radius 1 is 1.28 bits per heavy atom. The van der Waals surface area contributed by atoms with Gasteiger partial charge in [-0.25, -0.2) is 0 Å². The third-order valence-electron chi connectivity index (χ3n) is 5.51. The van der Waals surface area contributed by atoms with Gasteiger partial charge in [-0.3, -0.25) is 14.4 Å². The van der Waals surface area contributed by atoms with Gasteiger partial charge >= 0.3 is 0 Å². The number of anilines is 2. The van der Waals surface area contributed by atoms with Crippen LogP contribution in [-0.4, -0.2) is 54.5 Å². The fourth-order valence-electron chi connectivity index (χ4n) is 3.78. The molecule has 7 nitrogen and oxygen atoms in total. The molecule has 1 aromatic carbocycles. The normalized spacial score (nSPS) is 20.6. The van der Waals surface area contributed by atoms with Gasteiger partial charge in [-0.1, -0.05) is 5.92 Å². The first kappa shape index (κ1) is 22.4. The van der Waals surface area contributed by atoms with Crippen molar-refractivity contribution in [1.29, 1.82) is 0 Å². The molecule has 2 N–H and O–H groups in total. The van der Waals surface area contributed by atoms with Crippen molar-refractivity contribution >= 4 is 52.2 Å². The first-order chi connectivity index (χ1) is 15.4. The Morgan fingerprint density at radius 3 is 2.78 bits per heavy atom. The molecule has 2 aliphatic rings. The minimum atomic E-state index is -0.991. The van der Waals surface area contributed by atoms with Crippen molar-refractivity contribution in [3.63, 3.8) is 0 Å². The summed E-state index contributed by atoms with van der Waals surface area (Å²) < 4.78 is 5.20. The van der Waals surface area contributed by atoms with E-state index in [1.165, 1.54) is 11.3 Å². The highest BCUT2D eigenvalue weighted by molar-refractivity contribution is 7.99. The molecule has 4 rings (SSSR count). The molecule has 2 aromatic rings. The van der Waals surface area contributed by atoms with E-state index < -0.39 is 5.54 Å². The van der Waals surface area contributed by atoms with Crippen molar-refractivity contribution in [2.24, 2.45) is 0 Å². The molecule has 0 spiro atoms. The highest BCUT2D eigenvalue weighted by atomic mass is 32.2. The van der Waals surface area contributed by atoms with E-state index in [9.17, 15) is 14.4 Å². The van der Waals surface area contributed by atoms with Gasteiger partial charge in [-0.15, -0.1) is 17.8 Å². The van der Waals surface area contributed by atoms with Gasteiger partial charge in [0, 0.05) is 23.7 Å². The lowest BCUT2D eigenvalue weighted by Gasteiger charge is -2.29. The molecule has 32 heavy (non-hydrogen) atoms. The molecule has 2 saturated heterocycles. The Kier molecular flexibility index (Phi) is 6.55. The second-order valence-corrected chi connectivity index (χ2v) is 9.89. The molecule has 3 heterocycles. The summed E-state index contributed by atoms with van der Waals surface area (Å²) in [5.41, 5.74) is 1.30. The molecule has 1 atom stereocenters. The Morgan fingerprint density at radius 2 is 2.12 bits per heavy atom. The van der Waals surface area contributed by atoms with Crippen LogP contribution in [0.15, 0.2) is 30.3 Å². The first-order valence-electron chi connectivity index (χ1n) is 10.2. The Labute approximate surface area is 194 Å². The van der Waals surface area contributed by atoms with Crippen LogP contribution >= 0.6 is 23.1 Å². The van der Waals surface area contributed by atoms with Crippen LogP contribution in [0.2, 0.25) is 0 Å². The van der Waals surface area contributed by atoms with Gasteiger partial charge in [0.2, 0.25) is 0 Å². The number of benzene rings is 1. The van der Waals surface area contributed by atoms with E-state index >= 15 is 0 Å². The van der Waals surface area contributed by atoms with Crippen LogP contribution in [0.5, 0.6) is 0 Å². The number of ether oxygens (including phenoxy) is 1. The fourth-order valence-corrected chi connectivity index (χ4v) is 5.82.